The number of carboxylic acids is 1. The second-order valence-corrected chi connectivity index (χ2v) is 10.1. The maximum atomic E-state index is 12.4. The number of carbonyl (C=O) groups is 2. The standard InChI is InChI=1S/C15H13NO3.C9H13N5O4.C4H11NO3.Na.H/c17-14(10-4-2-1-3-5-10)13-7-6-12-11(15(18)19)8-9-16(12)13;10-9-12-7-6(8(17)13-9)11-3-14(7)4-18-5(1-15)2-16;5-4(1-6,2-7)3-8;;/h1-7,11H,8-9H2,(H,18,19);3,5,15-16H,1-2,4H2,(H3,10,12,13,17);6-8H,1-3,5H2;;. The molecule has 0 saturated heterocycles. The molecule has 17 nitrogen and oxygen atoms in total. The Bertz CT molecular complexity index is 1610. The van der Waals surface area contributed by atoms with Crippen molar-refractivity contribution in [2.75, 3.05) is 38.8 Å². The Kier molecular flexibility index (Phi) is 15.1. The third-order valence-corrected chi connectivity index (χ3v) is 6.87. The fraction of sp³-hybridized carbons (Fsp3) is 0.393. The maximum absolute atomic E-state index is 12.4. The van der Waals surface area contributed by atoms with Crippen LogP contribution in [0.25, 0.3) is 11.2 Å². The molecule has 1 aliphatic heterocycles. The molecule has 1 aliphatic rings. The first-order chi connectivity index (χ1) is 21.5. The van der Waals surface area contributed by atoms with E-state index in [1.54, 1.807) is 24.3 Å². The van der Waals surface area contributed by atoms with Crippen LogP contribution in [0, 0.1) is 0 Å². The van der Waals surface area contributed by atoms with E-state index in [0.29, 0.717) is 24.2 Å². The van der Waals surface area contributed by atoms with Crippen LogP contribution < -0.4 is 17.0 Å². The van der Waals surface area contributed by atoms with Crippen molar-refractivity contribution in [1.82, 2.24) is 24.1 Å². The van der Waals surface area contributed by atoms with Crippen LogP contribution >= 0.6 is 0 Å². The van der Waals surface area contributed by atoms with Gasteiger partial charge in [-0.1, -0.05) is 30.3 Å². The Balaban J connectivity index is 0.000000257. The van der Waals surface area contributed by atoms with Crippen molar-refractivity contribution < 1.29 is 45.0 Å². The van der Waals surface area contributed by atoms with E-state index in [1.807, 2.05) is 22.8 Å². The summed E-state index contributed by atoms with van der Waals surface area (Å²) in [6.45, 7) is -1.23. The average Bonchev–Trinajstić information content (AvgIpc) is 3.78. The van der Waals surface area contributed by atoms with E-state index < -0.39 is 48.9 Å². The van der Waals surface area contributed by atoms with E-state index in [4.69, 9.17) is 46.8 Å². The Hall–Kier alpha value is -3.49. The van der Waals surface area contributed by atoms with Gasteiger partial charge < -0.3 is 51.4 Å². The van der Waals surface area contributed by atoms with Crippen molar-refractivity contribution in [3.8, 4) is 0 Å². The van der Waals surface area contributed by atoms with Crippen molar-refractivity contribution in [2.45, 2.75) is 37.3 Å². The number of anilines is 1. The number of nitrogen functional groups attached to an aromatic ring is 1. The molecule has 5 rings (SSSR count). The number of carboxylic acid groups (broad SMARTS) is 1. The summed E-state index contributed by atoms with van der Waals surface area (Å²) in [6.07, 6.45) is 1.24. The number of benzene rings is 1. The molecule has 246 valence electrons. The number of H-pyrrole nitrogens is 1. The average molecular weight is 656 g/mol. The van der Waals surface area contributed by atoms with E-state index in [0.717, 1.165) is 5.69 Å². The summed E-state index contributed by atoms with van der Waals surface area (Å²) in [4.78, 5) is 45.1. The summed E-state index contributed by atoms with van der Waals surface area (Å²) >= 11 is 0. The second kappa shape index (κ2) is 18.0. The summed E-state index contributed by atoms with van der Waals surface area (Å²) in [5.41, 5.74) is 11.3. The van der Waals surface area contributed by atoms with Crippen LogP contribution in [0.5, 0.6) is 0 Å². The topological polar surface area (TPSA) is 285 Å². The van der Waals surface area contributed by atoms with Gasteiger partial charge in [-0.2, -0.15) is 4.98 Å². The van der Waals surface area contributed by atoms with E-state index in [-0.39, 0.29) is 72.4 Å². The van der Waals surface area contributed by atoms with Gasteiger partial charge in [-0.05, 0) is 18.6 Å². The Labute approximate surface area is 284 Å². The zero-order valence-electron chi connectivity index (χ0n) is 24.2. The van der Waals surface area contributed by atoms with Gasteiger partial charge in [0.1, 0.15) is 12.8 Å². The first-order valence-electron chi connectivity index (χ1n) is 13.7. The van der Waals surface area contributed by atoms with Crippen LogP contribution in [0.4, 0.5) is 5.95 Å². The Morgan fingerprint density at radius 3 is 2.22 bits per heavy atom. The molecular formula is C28H38N7NaO10. The number of hydrogen-bond acceptors (Lipinski definition) is 13. The predicted octanol–water partition coefficient (Wildman–Crippen LogP) is -2.67. The third kappa shape index (κ3) is 9.52. The number of carbonyl (C=O) groups excluding carboxylic acids is 1. The van der Waals surface area contributed by atoms with Crippen molar-refractivity contribution in [3.63, 3.8) is 0 Å². The first kappa shape index (κ1) is 38.7. The fourth-order valence-corrected chi connectivity index (χ4v) is 4.19. The minimum atomic E-state index is -1.21. The molecule has 0 fully saturated rings. The number of fused-ring (bicyclic) bond motifs is 2. The van der Waals surface area contributed by atoms with E-state index in [9.17, 15) is 14.4 Å². The van der Waals surface area contributed by atoms with Gasteiger partial charge in [0.05, 0.1) is 56.5 Å². The van der Waals surface area contributed by atoms with Crippen LogP contribution in [0.2, 0.25) is 0 Å². The molecular weight excluding hydrogens is 617 g/mol. The van der Waals surface area contributed by atoms with E-state index in [1.165, 1.54) is 10.9 Å². The number of imidazole rings is 1. The molecule has 0 radical (unpaired) electrons. The molecule has 1 aromatic carbocycles. The summed E-state index contributed by atoms with van der Waals surface area (Å²) in [5, 5.41) is 51.9. The van der Waals surface area contributed by atoms with Gasteiger partial charge in [-0.25, -0.2) is 4.98 Å². The van der Waals surface area contributed by atoms with Crippen molar-refractivity contribution in [1.29, 1.82) is 0 Å². The molecule has 0 spiro atoms. The number of aliphatic carboxylic acids is 1. The van der Waals surface area contributed by atoms with Crippen LogP contribution in [0.15, 0.2) is 53.6 Å². The quantitative estimate of drug-likeness (QED) is 0.0589. The molecule has 0 saturated carbocycles. The Morgan fingerprint density at radius 2 is 1.67 bits per heavy atom. The molecule has 0 bridgehead atoms. The van der Waals surface area contributed by atoms with Gasteiger partial charge >= 0.3 is 35.5 Å². The second-order valence-electron chi connectivity index (χ2n) is 10.1. The number of nitrogens with two attached hydrogens (primary N) is 2. The van der Waals surface area contributed by atoms with E-state index in [2.05, 4.69) is 15.0 Å². The van der Waals surface area contributed by atoms with Gasteiger partial charge in [0.15, 0.2) is 11.2 Å². The number of hydrogen-bond donors (Lipinski definition) is 9. The molecule has 1 atom stereocenters. The summed E-state index contributed by atoms with van der Waals surface area (Å²) < 4.78 is 8.49. The molecule has 1 unspecified atom stereocenters. The van der Waals surface area contributed by atoms with Crippen LogP contribution in [-0.2, 0) is 22.8 Å². The number of nitrogens with zero attached hydrogens (tertiary/aromatic N) is 4. The monoisotopic (exact) mass is 655 g/mol. The molecule has 3 aromatic heterocycles. The zero-order chi connectivity index (χ0) is 33.1. The molecule has 46 heavy (non-hydrogen) atoms. The molecule has 0 aliphatic carbocycles. The summed E-state index contributed by atoms with van der Waals surface area (Å²) in [7, 11) is 0. The molecule has 0 amide bonds. The normalized spacial score (nSPS) is 13.7. The van der Waals surface area contributed by atoms with Crippen LogP contribution in [-0.4, -0.2) is 141 Å². The first-order valence-corrected chi connectivity index (χ1v) is 13.7. The van der Waals surface area contributed by atoms with E-state index >= 15 is 0 Å². The van der Waals surface area contributed by atoms with Gasteiger partial charge in [0.2, 0.25) is 11.7 Å². The number of ether oxygens (including phenoxy) is 1. The fourth-order valence-electron chi connectivity index (χ4n) is 4.19. The van der Waals surface area contributed by atoms with Crippen LogP contribution in [0.1, 0.15) is 34.1 Å². The molecule has 11 N–H and O–H groups in total. The molecule has 4 aromatic rings. The van der Waals surface area contributed by atoms with Gasteiger partial charge in [-0.3, -0.25) is 23.9 Å². The van der Waals surface area contributed by atoms with Crippen molar-refractivity contribution >= 4 is 58.4 Å². The zero-order valence-corrected chi connectivity index (χ0v) is 24.2. The third-order valence-electron chi connectivity index (χ3n) is 6.87. The van der Waals surface area contributed by atoms with Crippen molar-refractivity contribution in [3.05, 3.63) is 76.1 Å². The Morgan fingerprint density at radius 1 is 1.04 bits per heavy atom. The van der Waals surface area contributed by atoms with Gasteiger partial charge in [0.25, 0.3) is 5.56 Å². The summed E-state index contributed by atoms with van der Waals surface area (Å²) in [5.74, 6) is -1.39. The number of aromatic nitrogens is 5. The number of aliphatic hydroxyl groups is 5. The summed E-state index contributed by atoms with van der Waals surface area (Å²) in [6, 6.07) is 12.5. The molecule has 4 heterocycles. The number of rotatable bonds is 11. The number of nitrogens with one attached hydrogen (secondary N) is 1. The van der Waals surface area contributed by atoms with Crippen LogP contribution in [0.3, 0.4) is 0 Å². The van der Waals surface area contributed by atoms with Crippen molar-refractivity contribution in [2.24, 2.45) is 5.73 Å². The predicted molar refractivity (Wildman–Crippen MR) is 166 cm³/mol. The number of aliphatic hydroxyl groups excluding tert-OH is 5. The van der Waals surface area contributed by atoms with Gasteiger partial charge in [-0.15, -0.1) is 0 Å². The number of ketones is 1. The molecule has 18 heteroatoms. The minimum absolute atomic E-state index is 0. The number of aromatic amines is 1. The SMILES string of the molecule is NC(CO)(CO)CO.Nc1nc2c(ncn2COC(CO)CO)c(=O)[nH]1.O=C(c1ccccc1)c1ccc2n1CCC2C(=O)O.[NaH]. The van der Waals surface area contributed by atoms with Gasteiger partial charge in [0, 0.05) is 17.8 Å².